The molecule has 2 aromatic carbocycles. The monoisotopic (exact) mass is 388 g/mol. The van der Waals surface area contributed by atoms with Gasteiger partial charge in [-0.05, 0) is 29.0 Å². The highest BCUT2D eigenvalue weighted by molar-refractivity contribution is 7.86. The van der Waals surface area contributed by atoms with E-state index in [2.05, 4.69) is 4.74 Å². The Hall–Kier alpha value is -2.30. The molecule has 0 aliphatic carbocycles. The molecule has 0 saturated carbocycles. The molecule has 1 fully saturated rings. The third kappa shape index (κ3) is 4.09. The van der Waals surface area contributed by atoms with Crippen molar-refractivity contribution in [1.82, 2.24) is 0 Å². The zero-order chi connectivity index (χ0) is 18.9. The first-order chi connectivity index (χ1) is 12.2. The van der Waals surface area contributed by atoms with Crippen molar-refractivity contribution in [2.75, 3.05) is 19.8 Å². The van der Waals surface area contributed by atoms with Crippen LogP contribution in [0.3, 0.4) is 0 Å². The van der Waals surface area contributed by atoms with Gasteiger partial charge in [0.15, 0.2) is 6.61 Å². The molecule has 1 unspecified atom stereocenters. The van der Waals surface area contributed by atoms with Gasteiger partial charge in [-0.25, -0.2) is 4.79 Å². The summed E-state index contributed by atoms with van der Waals surface area (Å²) in [5.41, 5.74) is -0.0400. The maximum Gasteiger partial charge on any atom is 0.402 e. The highest BCUT2D eigenvalue weighted by atomic mass is 32.2. The van der Waals surface area contributed by atoms with Gasteiger partial charge in [-0.15, -0.1) is 0 Å². The quantitative estimate of drug-likeness (QED) is 0.441. The summed E-state index contributed by atoms with van der Waals surface area (Å²) in [5.74, 6) is -0.696. The van der Waals surface area contributed by atoms with Crippen molar-refractivity contribution in [1.29, 1.82) is 0 Å². The van der Waals surface area contributed by atoms with E-state index in [9.17, 15) is 22.0 Å². The van der Waals surface area contributed by atoms with E-state index in [4.69, 9.17) is 14.0 Å². The van der Waals surface area contributed by atoms with Crippen LogP contribution in [0, 0.1) is 0 Å². The average molecular weight is 388 g/mol. The Labute approximate surface area is 147 Å². The van der Waals surface area contributed by atoms with Crippen molar-refractivity contribution in [3.63, 3.8) is 0 Å². The number of benzene rings is 2. The molecular weight excluding hydrogens is 374 g/mol. The molecule has 0 amide bonds. The molecule has 140 valence electrons. The van der Waals surface area contributed by atoms with Crippen LogP contribution in [0.2, 0.25) is 0 Å². The smallest absolute Gasteiger partial charge is 0.402 e. The van der Waals surface area contributed by atoms with E-state index in [1.807, 2.05) is 0 Å². The van der Waals surface area contributed by atoms with Gasteiger partial charge in [0, 0.05) is 0 Å². The molecule has 1 aliphatic heterocycles. The molecular formula is C16H14F2O7S. The van der Waals surface area contributed by atoms with Crippen LogP contribution in [0.1, 0.15) is 10.4 Å². The van der Waals surface area contributed by atoms with E-state index < -0.39 is 27.9 Å². The zero-order valence-corrected chi connectivity index (χ0v) is 14.0. The lowest BCUT2D eigenvalue weighted by molar-refractivity contribution is -0.00937. The van der Waals surface area contributed by atoms with Gasteiger partial charge in [0.05, 0.1) is 12.2 Å². The number of fused-ring (bicyclic) bond motifs is 1. The van der Waals surface area contributed by atoms with Crippen LogP contribution in [0.5, 0.6) is 5.75 Å². The second-order valence-electron chi connectivity index (χ2n) is 5.64. The zero-order valence-electron chi connectivity index (χ0n) is 13.2. The summed E-state index contributed by atoms with van der Waals surface area (Å²) < 4.78 is 71.0. The van der Waals surface area contributed by atoms with Gasteiger partial charge in [0.2, 0.25) is 0 Å². The normalized spacial score (nSPS) is 17.1. The lowest BCUT2D eigenvalue weighted by Gasteiger charge is -2.14. The molecule has 10 heteroatoms. The highest BCUT2D eigenvalue weighted by Crippen LogP contribution is 2.27. The van der Waals surface area contributed by atoms with Gasteiger partial charge in [-0.2, -0.15) is 17.2 Å². The number of carbonyl (C=O) groups is 1. The second kappa shape index (κ2) is 6.78. The first-order valence-electron chi connectivity index (χ1n) is 7.46. The van der Waals surface area contributed by atoms with Crippen LogP contribution in [-0.2, 0) is 19.6 Å². The molecule has 1 atom stereocenters. The lowest BCUT2D eigenvalue weighted by Crippen LogP contribution is -2.34. The topological polar surface area (TPSA) is 102 Å². The minimum Gasteiger partial charge on any atom is -0.491 e. The van der Waals surface area contributed by atoms with E-state index in [0.717, 1.165) is 0 Å². The minimum atomic E-state index is -5.68. The van der Waals surface area contributed by atoms with Crippen LogP contribution in [0.15, 0.2) is 36.4 Å². The molecule has 2 aromatic rings. The molecule has 7 nitrogen and oxygen atoms in total. The number of ether oxygens (including phenoxy) is 3. The summed E-state index contributed by atoms with van der Waals surface area (Å²) in [4.78, 5) is 12.1. The van der Waals surface area contributed by atoms with E-state index in [1.54, 1.807) is 24.3 Å². The van der Waals surface area contributed by atoms with Gasteiger partial charge < -0.3 is 14.2 Å². The number of hydrogen-bond donors (Lipinski definition) is 1. The van der Waals surface area contributed by atoms with Gasteiger partial charge in [0.1, 0.15) is 18.5 Å². The Balaban J connectivity index is 1.81. The Kier molecular flexibility index (Phi) is 4.82. The van der Waals surface area contributed by atoms with E-state index in [0.29, 0.717) is 29.7 Å². The third-order valence-corrected chi connectivity index (χ3v) is 4.53. The minimum absolute atomic E-state index is 0.0357. The molecule has 0 spiro atoms. The highest BCUT2D eigenvalue weighted by Gasteiger charge is 2.45. The van der Waals surface area contributed by atoms with Crippen molar-refractivity contribution in [3.05, 3.63) is 42.0 Å². The summed E-state index contributed by atoms with van der Waals surface area (Å²) in [7, 11) is -5.68. The summed E-state index contributed by atoms with van der Waals surface area (Å²) >= 11 is 0. The summed E-state index contributed by atoms with van der Waals surface area (Å²) in [5, 5.41) is -3.57. The van der Waals surface area contributed by atoms with Crippen molar-refractivity contribution < 1.29 is 40.8 Å². The SMILES string of the molecule is O=C(OCC(F)(F)S(=O)(=O)O)c1cccc2ccc(OCC3CO3)cc12. The maximum atomic E-state index is 13.2. The van der Waals surface area contributed by atoms with E-state index in [1.165, 1.54) is 12.1 Å². The van der Waals surface area contributed by atoms with E-state index in [-0.39, 0.29) is 11.7 Å². The first-order valence-corrected chi connectivity index (χ1v) is 8.90. The molecule has 1 N–H and O–H groups in total. The molecule has 26 heavy (non-hydrogen) atoms. The summed E-state index contributed by atoms with van der Waals surface area (Å²) in [6.07, 6.45) is 0.0357. The van der Waals surface area contributed by atoms with Gasteiger partial charge in [0.25, 0.3) is 0 Å². The van der Waals surface area contributed by atoms with Crippen LogP contribution >= 0.6 is 0 Å². The van der Waals surface area contributed by atoms with Crippen molar-refractivity contribution >= 4 is 26.9 Å². The molecule has 3 rings (SSSR count). The number of rotatable bonds is 7. The summed E-state index contributed by atoms with van der Waals surface area (Å²) in [6.45, 7) is -0.831. The van der Waals surface area contributed by atoms with Crippen LogP contribution in [0.4, 0.5) is 8.78 Å². The number of halogens is 2. The fraction of sp³-hybridized carbons (Fsp3) is 0.312. The van der Waals surface area contributed by atoms with Crippen molar-refractivity contribution in [2.45, 2.75) is 11.4 Å². The number of epoxide rings is 1. The third-order valence-electron chi connectivity index (χ3n) is 3.66. The molecule has 1 saturated heterocycles. The molecule has 0 radical (unpaired) electrons. The largest absolute Gasteiger partial charge is 0.491 e. The van der Waals surface area contributed by atoms with Gasteiger partial charge >= 0.3 is 21.3 Å². The molecule has 1 aliphatic rings. The predicted molar refractivity (Wildman–Crippen MR) is 86.0 cm³/mol. The molecule has 0 aromatic heterocycles. The van der Waals surface area contributed by atoms with Crippen LogP contribution < -0.4 is 4.74 Å². The maximum absolute atomic E-state index is 13.2. The number of carbonyl (C=O) groups excluding carboxylic acids is 1. The molecule has 0 bridgehead atoms. The predicted octanol–water partition coefficient (Wildman–Crippen LogP) is 2.25. The van der Waals surface area contributed by atoms with Gasteiger partial charge in [-0.3, -0.25) is 4.55 Å². The van der Waals surface area contributed by atoms with Crippen molar-refractivity contribution in [3.8, 4) is 5.75 Å². The number of alkyl halides is 2. The number of hydrogen-bond acceptors (Lipinski definition) is 6. The van der Waals surface area contributed by atoms with Crippen LogP contribution in [-0.4, -0.2) is 50.1 Å². The molecule has 1 heterocycles. The van der Waals surface area contributed by atoms with E-state index >= 15 is 0 Å². The average Bonchev–Trinajstić information content (AvgIpc) is 3.40. The Morgan fingerprint density at radius 2 is 2.04 bits per heavy atom. The lowest BCUT2D eigenvalue weighted by atomic mass is 10.0. The Morgan fingerprint density at radius 3 is 2.69 bits per heavy atom. The van der Waals surface area contributed by atoms with Gasteiger partial charge in [-0.1, -0.05) is 18.2 Å². The summed E-state index contributed by atoms with van der Waals surface area (Å²) in [6, 6.07) is 9.50. The Bertz CT molecular complexity index is 939. The fourth-order valence-corrected chi connectivity index (χ4v) is 2.38. The van der Waals surface area contributed by atoms with Crippen LogP contribution in [0.25, 0.3) is 10.8 Å². The van der Waals surface area contributed by atoms with Crippen molar-refractivity contribution in [2.24, 2.45) is 0 Å². The fourth-order valence-electron chi connectivity index (χ4n) is 2.17. The standard InChI is InChI=1S/C16H14F2O7S/c17-16(18,26(20,21)22)9-25-15(19)13-3-1-2-10-4-5-11(6-14(10)13)23-7-12-8-24-12/h1-6,12H,7-9H2,(H,20,21,22). The number of esters is 1. The second-order valence-corrected chi connectivity index (χ2v) is 7.19. The Morgan fingerprint density at radius 1 is 1.31 bits per heavy atom. The first kappa shape index (κ1) is 18.5.